The van der Waals surface area contributed by atoms with Gasteiger partial charge in [-0.2, -0.15) is 0 Å². The molecule has 0 bridgehead atoms. The van der Waals surface area contributed by atoms with Gasteiger partial charge in [0.15, 0.2) is 0 Å². The number of hydrogen-bond acceptors (Lipinski definition) is 8. The Kier molecular flexibility index (Phi) is 7.18. The van der Waals surface area contributed by atoms with Crippen molar-refractivity contribution in [1.29, 1.82) is 0 Å². The number of fused-ring (bicyclic) bond motifs is 1. The van der Waals surface area contributed by atoms with Crippen LogP contribution in [0.25, 0.3) is 0 Å². The first-order chi connectivity index (χ1) is 16.0. The number of nitrogens with zero attached hydrogens (tertiary/aromatic N) is 5. The Morgan fingerprint density at radius 3 is 2.82 bits per heavy atom. The van der Waals surface area contributed by atoms with Crippen LogP contribution in [0.15, 0.2) is 46.8 Å². The highest BCUT2D eigenvalue weighted by atomic mass is 32.2. The predicted molar refractivity (Wildman–Crippen MR) is 122 cm³/mol. The highest BCUT2D eigenvalue weighted by Crippen LogP contribution is 2.41. The van der Waals surface area contributed by atoms with Crippen molar-refractivity contribution in [1.82, 2.24) is 35.7 Å². The molecule has 0 spiro atoms. The third-order valence-electron chi connectivity index (χ3n) is 5.14. The summed E-state index contributed by atoms with van der Waals surface area (Å²) < 4.78 is 1.67. The van der Waals surface area contributed by atoms with Gasteiger partial charge in [-0.05, 0) is 28.0 Å². The van der Waals surface area contributed by atoms with E-state index in [1.807, 2.05) is 37.3 Å². The van der Waals surface area contributed by atoms with Crippen molar-refractivity contribution in [3.63, 3.8) is 0 Å². The van der Waals surface area contributed by atoms with Gasteiger partial charge in [0.2, 0.25) is 5.16 Å². The lowest BCUT2D eigenvalue weighted by atomic mass is 10.0. The summed E-state index contributed by atoms with van der Waals surface area (Å²) in [6, 6.07) is 8.17. The van der Waals surface area contributed by atoms with Crippen molar-refractivity contribution in [2.75, 3.05) is 11.5 Å². The zero-order chi connectivity index (χ0) is 23.4. The summed E-state index contributed by atoms with van der Waals surface area (Å²) in [5.74, 6) is -0.810. The van der Waals surface area contributed by atoms with Crippen LogP contribution >= 0.6 is 23.5 Å². The minimum Gasteiger partial charge on any atom is -0.477 e. The number of aromatic nitrogens is 4. The molecule has 1 fully saturated rings. The number of carboxylic acids is 1. The van der Waals surface area contributed by atoms with Gasteiger partial charge in [0.25, 0.3) is 5.91 Å². The van der Waals surface area contributed by atoms with Crippen molar-refractivity contribution in [2.24, 2.45) is 0 Å². The molecule has 33 heavy (non-hydrogen) atoms. The highest BCUT2D eigenvalue weighted by molar-refractivity contribution is 8.01. The molecule has 1 saturated heterocycles. The molecule has 2 atom stereocenters. The smallest absolute Gasteiger partial charge is 0.352 e. The van der Waals surface area contributed by atoms with Crippen molar-refractivity contribution >= 4 is 41.4 Å². The molecule has 11 nitrogen and oxygen atoms in total. The number of carbonyl (C=O) groups is 3. The van der Waals surface area contributed by atoms with Crippen LogP contribution in [0.1, 0.15) is 18.9 Å². The van der Waals surface area contributed by atoms with Gasteiger partial charge in [-0.15, -0.1) is 16.9 Å². The number of tetrazole rings is 1. The molecular formula is C20H23N7O4S2. The molecular weight excluding hydrogens is 466 g/mol. The first-order valence-electron chi connectivity index (χ1n) is 10.4. The number of hydrogen-bond donors (Lipinski definition) is 3. The lowest BCUT2D eigenvalue weighted by Gasteiger charge is -2.49. The van der Waals surface area contributed by atoms with Crippen LogP contribution in [0, 0.1) is 0 Å². The minimum atomic E-state index is -1.16. The van der Waals surface area contributed by atoms with Gasteiger partial charge in [0.05, 0.1) is 0 Å². The van der Waals surface area contributed by atoms with E-state index in [-0.39, 0.29) is 5.70 Å². The summed E-state index contributed by atoms with van der Waals surface area (Å²) in [6.07, 6.45) is 0.870. The van der Waals surface area contributed by atoms with Gasteiger partial charge < -0.3 is 15.7 Å². The number of aliphatic carboxylic acids is 1. The van der Waals surface area contributed by atoms with E-state index in [4.69, 9.17) is 0 Å². The molecule has 3 N–H and O–H groups in total. The maximum Gasteiger partial charge on any atom is 0.352 e. The minimum absolute atomic E-state index is 0.0199. The van der Waals surface area contributed by atoms with Crippen LogP contribution in [0.2, 0.25) is 0 Å². The van der Waals surface area contributed by atoms with Crippen molar-refractivity contribution < 1.29 is 19.5 Å². The molecule has 2 aliphatic rings. The SMILES string of the molecule is CCCn1nnnc1SCC1=C(C(=O)O)N2C(=O)C(NC(=O)NCc3ccccc3)[C@H]2SC1. The van der Waals surface area contributed by atoms with Crippen LogP contribution in [0.5, 0.6) is 0 Å². The number of amides is 3. The van der Waals surface area contributed by atoms with E-state index < -0.39 is 29.3 Å². The summed E-state index contributed by atoms with van der Waals surface area (Å²) in [5, 5.41) is 27.0. The first-order valence-corrected chi connectivity index (χ1v) is 12.4. The fourth-order valence-electron chi connectivity index (χ4n) is 3.57. The van der Waals surface area contributed by atoms with Crippen LogP contribution in [0.4, 0.5) is 4.79 Å². The second kappa shape index (κ2) is 10.3. The van der Waals surface area contributed by atoms with E-state index in [0.29, 0.717) is 35.3 Å². The Bertz CT molecular complexity index is 1080. The zero-order valence-electron chi connectivity index (χ0n) is 17.8. The number of rotatable bonds is 9. The Hall–Kier alpha value is -3.06. The van der Waals surface area contributed by atoms with E-state index in [2.05, 4.69) is 26.2 Å². The summed E-state index contributed by atoms with van der Waals surface area (Å²) in [4.78, 5) is 38.3. The molecule has 2 aromatic rings. The number of carboxylic acid groups (broad SMARTS) is 1. The maximum atomic E-state index is 12.8. The van der Waals surface area contributed by atoms with E-state index in [1.165, 1.54) is 28.4 Å². The fraction of sp³-hybridized carbons (Fsp3) is 0.400. The van der Waals surface area contributed by atoms with Gasteiger partial charge in [0, 0.05) is 24.6 Å². The zero-order valence-corrected chi connectivity index (χ0v) is 19.4. The Morgan fingerprint density at radius 1 is 1.30 bits per heavy atom. The lowest BCUT2D eigenvalue weighted by Crippen LogP contribution is -2.71. The molecule has 0 saturated carbocycles. The summed E-state index contributed by atoms with van der Waals surface area (Å²) in [5.41, 5.74) is 1.54. The third-order valence-corrected chi connectivity index (χ3v) is 7.53. The van der Waals surface area contributed by atoms with Crippen LogP contribution in [-0.4, -0.2) is 71.0 Å². The van der Waals surface area contributed by atoms with E-state index in [1.54, 1.807) is 4.68 Å². The number of benzene rings is 1. The molecule has 0 aliphatic carbocycles. The molecule has 174 valence electrons. The van der Waals surface area contributed by atoms with Crippen molar-refractivity contribution in [2.45, 2.75) is 43.0 Å². The summed E-state index contributed by atoms with van der Waals surface area (Å²) >= 11 is 2.77. The number of urea groups is 1. The third kappa shape index (κ3) is 4.98. The highest BCUT2D eigenvalue weighted by Gasteiger charge is 2.54. The molecule has 2 aliphatic heterocycles. The largest absolute Gasteiger partial charge is 0.477 e. The molecule has 1 unspecified atom stereocenters. The molecule has 3 amide bonds. The van der Waals surface area contributed by atoms with Gasteiger partial charge >= 0.3 is 12.0 Å². The molecule has 13 heteroatoms. The molecule has 1 aromatic heterocycles. The first kappa shape index (κ1) is 23.1. The van der Waals surface area contributed by atoms with E-state index in [9.17, 15) is 19.5 Å². The summed E-state index contributed by atoms with van der Waals surface area (Å²) in [6.45, 7) is 3.01. The average Bonchev–Trinajstić information content (AvgIpc) is 3.27. The number of β-lactam (4-membered cyclic amide) rings is 1. The van der Waals surface area contributed by atoms with Crippen LogP contribution in [0.3, 0.4) is 0 Å². The number of thioether (sulfide) groups is 2. The monoisotopic (exact) mass is 489 g/mol. The van der Waals surface area contributed by atoms with E-state index >= 15 is 0 Å². The normalized spacial score (nSPS) is 19.7. The predicted octanol–water partition coefficient (Wildman–Crippen LogP) is 1.30. The topological polar surface area (TPSA) is 142 Å². The second-order valence-electron chi connectivity index (χ2n) is 7.43. The maximum absolute atomic E-state index is 12.8. The van der Waals surface area contributed by atoms with Crippen LogP contribution in [-0.2, 0) is 22.7 Å². The van der Waals surface area contributed by atoms with Gasteiger partial charge in [-0.25, -0.2) is 14.3 Å². The van der Waals surface area contributed by atoms with Crippen LogP contribution < -0.4 is 10.6 Å². The van der Waals surface area contributed by atoms with Crippen molar-refractivity contribution in [3.05, 3.63) is 47.2 Å². The Balaban J connectivity index is 1.39. The second-order valence-corrected chi connectivity index (χ2v) is 9.48. The molecule has 0 radical (unpaired) electrons. The fourth-order valence-corrected chi connectivity index (χ4v) is 5.96. The van der Waals surface area contributed by atoms with Gasteiger partial charge in [-0.1, -0.05) is 49.0 Å². The van der Waals surface area contributed by atoms with Gasteiger partial charge in [0.1, 0.15) is 17.1 Å². The number of carbonyl (C=O) groups excluding carboxylic acids is 2. The average molecular weight is 490 g/mol. The quantitative estimate of drug-likeness (QED) is 0.351. The Morgan fingerprint density at radius 2 is 2.09 bits per heavy atom. The van der Waals surface area contributed by atoms with Gasteiger partial charge in [-0.3, -0.25) is 9.69 Å². The van der Waals surface area contributed by atoms with E-state index in [0.717, 1.165) is 12.0 Å². The van der Waals surface area contributed by atoms with Crippen molar-refractivity contribution in [3.8, 4) is 0 Å². The molecule has 3 heterocycles. The lowest BCUT2D eigenvalue weighted by molar-refractivity contribution is -0.148. The standard InChI is InChI=1S/C20H23N7O4S2/c1-2-8-26-20(23-24-25-26)33-11-13-10-32-17-14(16(28)27(17)15(13)18(29)30)22-19(31)21-9-12-6-4-3-5-7-12/h3-7,14,17H,2,8-11H2,1H3,(H,29,30)(H2,21,22,31)/t14?,17-/m1/s1. The summed E-state index contributed by atoms with van der Waals surface area (Å²) in [7, 11) is 0. The molecule has 4 rings (SSSR count). The number of aryl methyl sites for hydroxylation is 1. The number of nitrogens with one attached hydrogen (secondary N) is 2. The molecule has 1 aromatic carbocycles. The Labute approximate surface area is 198 Å².